The van der Waals surface area contributed by atoms with Gasteiger partial charge in [-0.15, -0.1) is 0 Å². The van der Waals surface area contributed by atoms with Crippen molar-refractivity contribution in [3.63, 3.8) is 0 Å². The van der Waals surface area contributed by atoms with Crippen molar-refractivity contribution in [2.75, 3.05) is 0 Å². The van der Waals surface area contributed by atoms with Gasteiger partial charge < -0.3 is 28.8 Å². The molecule has 0 saturated carbocycles. The fourth-order valence-electron chi connectivity index (χ4n) is 2.30. The maximum atomic E-state index is 11.7. The molecule has 0 saturated heterocycles. The van der Waals surface area contributed by atoms with Crippen LogP contribution in [0.5, 0.6) is 0 Å². The predicted octanol–water partition coefficient (Wildman–Crippen LogP) is -0.0134. The minimum atomic E-state index is -1.44. The molecule has 28 heavy (non-hydrogen) atoms. The standard InChI is InChI=1S/C18H22O10/c1-17(9-21,10-22)5-13(7-19)3-15(25)27-28-16(26)4-14(8-20)6-18(2,11-23)12-24/h7-14H,3-6H2,1-2H3. The molecule has 154 valence electrons. The molecule has 0 aliphatic rings. The minimum Gasteiger partial charge on any atom is -0.303 e. The zero-order chi connectivity index (χ0) is 21.8. The predicted molar refractivity (Wildman–Crippen MR) is 90.2 cm³/mol. The molecule has 0 radical (unpaired) electrons. The summed E-state index contributed by atoms with van der Waals surface area (Å²) in [5, 5.41) is 0. The molecule has 0 aromatic heterocycles. The molecule has 2 unspecified atom stereocenters. The van der Waals surface area contributed by atoms with Gasteiger partial charge in [0.25, 0.3) is 0 Å². The second-order valence-corrected chi connectivity index (χ2v) is 7.00. The van der Waals surface area contributed by atoms with E-state index < -0.39 is 47.4 Å². The lowest BCUT2D eigenvalue weighted by atomic mass is 9.83. The van der Waals surface area contributed by atoms with Gasteiger partial charge in [0, 0.05) is 11.8 Å². The number of hydrogen-bond donors (Lipinski definition) is 0. The van der Waals surface area contributed by atoms with Gasteiger partial charge in [0.05, 0.1) is 23.7 Å². The lowest BCUT2D eigenvalue weighted by Crippen LogP contribution is -2.27. The Hall–Kier alpha value is -3.04. The van der Waals surface area contributed by atoms with Crippen LogP contribution in [0.4, 0.5) is 0 Å². The monoisotopic (exact) mass is 398 g/mol. The number of aldehydes is 6. The number of carbonyl (C=O) groups excluding carboxylic acids is 8. The van der Waals surface area contributed by atoms with Crippen molar-refractivity contribution in [2.45, 2.75) is 39.5 Å². The average Bonchev–Trinajstić information content (AvgIpc) is 2.70. The van der Waals surface area contributed by atoms with Crippen molar-refractivity contribution in [1.29, 1.82) is 0 Å². The van der Waals surface area contributed by atoms with Gasteiger partial charge in [0.2, 0.25) is 0 Å². The SMILES string of the molecule is CC(C=O)(C=O)CC(C=O)CC(=O)OOC(=O)CC(C=O)CC(C)(C=O)C=O. The van der Waals surface area contributed by atoms with Gasteiger partial charge in [-0.3, -0.25) is 0 Å². The van der Waals surface area contributed by atoms with Crippen LogP contribution in [0.1, 0.15) is 39.5 Å². The van der Waals surface area contributed by atoms with Gasteiger partial charge in [-0.25, -0.2) is 19.4 Å². The summed E-state index contributed by atoms with van der Waals surface area (Å²) in [7, 11) is 0. The zero-order valence-electron chi connectivity index (χ0n) is 15.5. The first-order chi connectivity index (χ1) is 13.1. The molecule has 0 N–H and O–H groups in total. The summed E-state index contributed by atoms with van der Waals surface area (Å²) in [5.41, 5.74) is -2.88. The van der Waals surface area contributed by atoms with E-state index in [1.54, 1.807) is 0 Å². The molecule has 0 amide bonds. The van der Waals surface area contributed by atoms with Crippen molar-refractivity contribution in [3.05, 3.63) is 0 Å². The highest BCUT2D eigenvalue weighted by atomic mass is 17.2. The van der Waals surface area contributed by atoms with Gasteiger partial charge >= 0.3 is 11.9 Å². The molecule has 0 rings (SSSR count). The van der Waals surface area contributed by atoms with E-state index in [-0.39, 0.29) is 12.8 Å². The van der Waals surface area contributed by atoms with Crippen LogP contribution < -0.4 is 0 Å². The van der Waals surface area contributed by atoms with Crippen molar-refractivity contribution < 1.29 is 48.1 Å². The van der Waals surface area contributed by atoms with E-state index in [2.05, 4.69) is 9.78 Å². The Labute approximate surface area is 160 Å². The lowest BCUT2D eigenvalue weighted by Gasteiger charge is -2.19. The fourth-order valence-corrected chi connectivity index (χ4v) is 2.30. The highest BCUT2D eigenvalue weighted by molar-refractivity contribution is 5.85. The Bertz CT molecular complexity index is 554. The molecule has 0 bridgehead atoms. The third-order valence-corrected chi connectivity index (χ3v) is 3.95. The van der Waals surface area contributed by atoms with Crippen molar-refractivity contribution in [3.8, 4) is 0 Å². The van der Waals surface area contributed by atoms with Crippen molar-refractivity contribution >= 4 is 49.7 Å². The first-order valence-corrected chi connectivity index (χ1v) is 8.27. The number of rotatable bonds is 14. The first-order valence-electron chi connectivity index (χ1n) is 8.27. The summed E-state index contributed by atoms with van der Waals surface area (Å²) in [6, 6.07) is 0. The molecule has 0 aliphatic carbocycles. The highest BCUT2D eigenvalue weighted by Gasteiger charge is 2.31. The minimum absolute atomic E-state index is 0.226. The molecule has 2 atom stereocenters. The summed E-state index contributed by atoms with van der Waals surface area (Å²) in [6.07, 6.45) is 0.626. The second kappa shape index (κ2) is 11.6. The van der Waals surface area contributed by atoms with Crippen LogP contribution in [-0.4, -0.2) is 49.7 Å². The quantitative estimate of drug-likeness (QED) is 0.169. The van der Waals surface area contributed by atoms with Gasteiger partial charge in [0.15, 0.2) is 0 Å². The van der Waals surface area contributed by atoms with Crippen LogP contribution in [-0.2, 0) is 48.1 Å². The van der Waals surface area contributed by atoms with E-state index in [1.807, 2.05) is 0 Å². The third kappa shape index (κ3) is 8.56. The van der Waals surface area contributed by atoms with E-state index in [9.17, 15) is 38.4 Å². The normalized spacial score (nSPS) is 13.4. The summed E-state index contributed by atoms with van der Waals surface area (Å²) < 4.78 is 0. The summed E-state index contributed by atoms with van der Waals surface area (Å²) in [4.78, 5) is 97.4. The second-order valence-electron chi connectivity index (χ2n) is 7.00. The fraction of sp³-hybridized carbons (Fsp3) is 0.556. The maximum Gasteiger partial charge on any atom is 0.356 e. The Balaban J connectivity index is 4.62. The average molecular weight is 398 g/mol. The van der Waals surface area contributed by atoms with E-state index in [1.165, 1.54) is 13.8 Å². The van der Waals surface area contributed by atoms with Crippen LogP contribution >= 0.6 is 0 Å². The highest BCUT2D eigenvalue weighted by Crippen LogP contribution is 2.24. The van der Waals surface area contributed by atoms with Crippen molar-refractivity contribution in [1.82, 2.24) is 0 Å². The van der Waals surface area contributed by atoms with E-state index in [0.29, 0.717) is 37.7 Å². The third-order valence-electron chi connectivity index (χ3n) is 3.95. The zero-order valence-corrected chi connectivity index (χ0v) is 15.5. The largest absolute Gasteiger partial charge is 0.356 e. The molecule has 0 aromatic rings. The van der Waals surface area contributed by atoms with E-state index in [0.717, 1.165) is 0 Å². The lowest BCUT2D eigenvalue weighted by molar-refractivity contribution is -0.260. The summed E-state index contributed by atoms with van der Waals surface area (Å²) in [5.74, 6) is -4.24. The Morgan fingerprint density at radius 2 is 0.964 bits per heavy atom. The molecular formula is C18H22O10. The molecule has 0 aromatic carbocycles. The molecule has 10 nitrogen and oxygen atoms in total. The molecule has 10 heteroatoms. The Morgan fingerprint density at radius 1 is 0.679 bits per heavy atom. The van der Waals surface area contributed by atoms with Crippen molar-refractivity contribution in [2.24, 2.45) is 22.7 Å². The number of carbonyl (C=O) groups is 8. The molecular weight excluding hydrogens is 376 g/mol. The molecule has 0 heterocycles. The van der Waals surface area contributed by atoms with Gasteiger partial charge in [-0.1, -0.05) is 0 Å². The Kier molecular flexibility index (Phi) is 10.4. The van der Waals surface area contributed by atoms with Crippen LogP contribution in [0.2, 0.25) is 0 Å². The van der Waals surface area contributed by atoms with Gasteiger partial charge in [-0.05, 0) is 26.7 Å². The smallest absolute Gasteiger partial charge is 0.303 e. The molecule has 0 aliphatic heterocycles. The molecule has 0 spiro atoms. The first kappa shape index (κ1) is 25.0. The summed E-state index contributed by atoms with van der Waals surface area (Å²) >= 11 is 0. The van der Waals surface area contributed by atoms with E-state index in [4.69, 9.17) is 0 Å². The molecule has 0 fully saturated rings. The maximum absolute atomic E-state index is 11.7. The van der Waals surface area contributed by atoms with Crippen LogP contribution in [0.3, 0.4) is 0 Å². The Morgan fingerprint density at radius 3 is 1.18 bits per heavy atom. The van der Waals surface area contributed by atoms with Crippen LogP contribution in [0.25, 0.3) is 0 Å². The number of hydrogen-bond acceptors (Lipinski definition) is 10. The van der Waals surface area contributed by atoms with Crippen LogP contribution in [0, 0.1) is 22.7 Å². The van der Waals surface area contributed by atoms with E-state index >= 15 is 0 Å². The van der Waals surface area contributed by atoms with Crippen LogP contribution in [0.15, 0.2) is 0 Å². The van der Waals surface area contributed by atoms with Gasteiger partial charge in [0.1, 0.15) is 37.7 Å². The summed E-state index contributed by atoms with van der Waals surface area (Å²) in [6.45, 7) is 2.59. The van der Waals surface area contributed by atoms with Gasteiger partial charge in [-0.2, -0.15) is 0 Å². The topological polar surface area (TPSA) is 155 Å².